The largest absolute Gasteiger partial charge is 0.344 e. The number of nitrogens with one attached hydrogen (secondary N) is 2. The number of aryl methyl sites for hydroxylation is 1. The Morgan fingerprint density at radius 3 is 2.56 bits per heavy atom. The summed E-state index contributed by atoms with van der Waals surface area (Å²) < 4.78 is 15.0. The second-order valence-electron chi connectivity index (χ2n) is 8.20. The molecule has 172 valence electrons. The van der Waals surface area contributed by atoms with Crippen LogP contribution in [0.4, 0.5) is 9.18 Å². The Kier molecular flexibility index (Phi) is 5.17. The van der Waals surface area contributed by atoms with Crippen molar-refractivity contribution in [3.05, 3.63) is 88.2 Å². The fourth-order valence-electron chi connectivity index (χ4n) is 3.96. The van der Waals surface area contributed by atoms with Crippen LogP contribution in [-0.2, 0) is 16.9 Å². The number of rotatable bonds is 5. The summed E-state index contributed by atoms with van der Waals surface area (Å²) in [6.07, 6.45) is 0. The van der Waals surface area contributed by atoms with E-state index in [9.17, 15) is 18.8 Å². The third-order valence-corrected chi connectivity index (χ3v) is 6.98. The van der Waals surface area contributed by atoms with Crippen molar-refractivity contribution in [1.82, 2.24) is 25.5 Å². The Balaban J connectivity index is 1.38. The van der Waals surface area contributed by atoms with Crippen LogP contribution < -0.4 is 10.7 Å². The van der Waals surface area contributed by atoms with Crippen molar-refractivity contribution in [3.63, 3.8) is 0 Å². The number of imide groups is 1. The molecule has 0 bridgehead atoms. The summed E-state index contributed by atoms with van der Waals surface area (Å²) in [5.74, 6) is -1.46. The number of fused-ring (bicyclic) bond motifs is 1. The maximum atomic E-state index is 13.2. The predicted octanol–water partition coefficient (Wildman–Crippen LogP) is 3.71. The first-order valence-electron chi connectivity index (χ1n) is 10.5. The molecule has 2 aromatic carbocycles. The molecule has 2 aromatic heterocycles. The van der Waals surface area contributed by atoms with E-state index in [0.29, 0.717) is 17.0 Å². The summed E-state index contributed by atoms with van der Waals surface area (Å²) in [6.45, 7) is 3.84. The van der Waals surface area contributed by atoms with Crippen molar-refractivity contribution >= 4 is 39.4 Å². The molecule has 1 fully saturated rings. The number of amides is 4. The lowest BCUT2D eigenvalue weighted by molar-refractivity contribution is -0.132. The van der Waals surface area contributed by atoms with E-state index < -0.39 is 23.4 Å². The van der Waals surface area contributed by atoms with Gasteiger partial charge in [0.05, 0.1) is 17.1 Å². The number of halogens is 1. The predicted molar refractivity (Wildman–Crippen MR) is 124 cm³/mol. The first-order chi connectivity index (χ1) is 16.3. The van der Waals surface area contributed by atoms with Crippen molar-refractivity contribution in [2.75, 3.05) is 0 Å². The molecule has 0 saturated carbocycles. The number of thiophene rings is 1. The summed E-state index contributed by atoms with van der Waals surface area (Å²) in [7, 11) is 0. The molecule has 0 aliphatic carbocycles. The zero-order valence-corrected chi connectivity index (χ0v) is 19.1. The summed E-state index contributed by atoms with van der Waals surface area (Å²) in [5.41, 5.74) is 3.37. The zero-order chi connectivity index (χ0) is 24.0. The van der Waals surface area contributed by atoms with Crippen molar-refractivity contribution in [3.8, 4) is 0 Å². The van der Waals surface area contributed by atoms with Gasteiger partial charge in [0.15, 0.2) is 0 Å². The summed E-state index contributed by atoms with van der Waals surface area (Å²) in [4.78, 5) is 39.7. The lowest BCUT2D eigenvalue weighted by Crippen LogP contribution is -2.47. The molecule has 2 N–H and O–H groups in total. The number of hydrazine groups is 1. The monoisotopic (exact) mass is 477 g/mol. The van der Waals surface area contributed by atoms with Gasteiger partial charge in [0.2, 0.25) is 0 Å². The maximum Gasteiger partial charge on any atom is 0.344 e. The van der Waals surface area contributed by atoms with Gasteiger partial charge in [-0.3, -0.25) is 19.7 Å². The summed E-state index contributed by atoms with van der Waals surface area (Å²) >= 11 is 1.20. The molecule has 1 aliphatic heterocycles. The quantitative estimate of drug-likeness (QED) is 0.429. The summed E-state index contributed by atoms with van der Waals surface area (Å²) in [5, 5.41) is 8.70. The second kappa shape index (κ2) is 8.07. The van der Waals surface area contributed by atoms with Gasteiger partial charge in [-0.2, -0.15) is 10.1 Å². The van der Waals surface area contributed by atoms with Gasteiger partial charge in [0, 0.05) is 5.39 Å². The molecule has 8 nitrogen and oxygen atoms in total. The van der Waals surface area contributed by atoms with Crippen molar-refractivity contribution < 1.29 is 18.8 Å². The van der Waals surface area contributed by atoms with Gasteiger partial charge in [-0.05, 0) is 43.2 Å². The Morgan fingerprint density at radius 1 is 1.15 bits per heavy atom. The highest BCUT2D eigenvalue weighted by atomic mass is 32.1. The van der Waals surface area contributed by atoms with E-state index in [1.54, 1.807) is 54.1 Å². The number of carbonyl (C=O) groups is 3. The van der Waals surface area contributed by atoms with E-state index in [1.165, 1.54) is 23.5 Å². The molecule has 4 amide bonds. The highest BCUT2D eigenvalue weighted by Crippen LogP contribution is 2.30. The van der Waals surface area contributed by atoms with E-state index in [-0.39, 0.29) is 5.82 Å². The van der Waals surface area contributed by atoms with Gasteiger partial charge in [0.1, 0.15) is 16.2 Å². The van der Waals surface area contributed by atoms with Crippen molar-refractivity contribution in [1.29, 1.82) is 0 Å². The number of hydrogen-bond acceptors (Lipinski definition) is 5. The average molecular weight is 478 g/mol. The van der Waals surface area contributed by atoms with Gasteiger partial charge in [-0.25, -0.2) is 9.18 Å². The molecule has 0 unspecified atom stereocenters. The molecule has 0 radical (unpaired) electrons. The third kappa shape index (κ3) is 3.61. The standard InChI is InChI=1S/C24H20FN5O3S/c1-14-18-12-19(34-21(18)29(27-14)13-15-8-10-17(25)11-9-15)20(31)28-30-22(32)24(2,26-23(30)33)16-6-4-3-5-7-16/h3-12H,13H2,1-2H3,(H,26,33)(H,28,31)/t24-/m1/s1. The van der Waals surface area contributed by atoms with Gasteiger partial charge < -0.3 is 5.32 Å². The van der Waals surface area contributed by atoms with E-state index >= 15 is 0 Å². The van der Waals surface area contributed by atoms with Crippen molar-refractivity contribution in [2.45, 2.75) is 25.9 Å². The Morgan fingerprint density at radius 2 is 1.85 bits per heavy atom. The molecule has 4 aromatic rings. The van der Waals surface area contributed by atoms with Crippen LogP contribution in [0.25, 0.3) is 10.2 Å². The molecule has 1 saturated heterocycles. The van der Waals surface area contributed by atoms with Gasteiger partial charge in [-0.1, -0.05) is 42.5 Å². The van der Waals surface area contributed by atoms with E-state index in [0.717, 1.165) is 26.5 Å². The molecule has 3 heterocycles. The van der Waals surface area contributed by atoms with Crippen LogP contribution in [0.3, 0.4) is 0 Å². The smallest absolute Gasteiger partial charge is 0.318 e. The number of nitrogens with zero attached hydrogens (tertiary/aromatic N) is 3. The number of carbonyl (C=O) groups excluding carboxylic acids is 3. The minimum absolute atomic E-state index is 0.315. The van der Waals surface area contributed by atoms with Gasteiger partial charge >= 0.3 is 6.03 Å². The van der Waals surface area contributed by atoms with Crippen LogP contribution in [0.15, 0.2) is 60.7 Å². The molecular weight excluding hydrogens is 457 g/mol. The molecule has 1 aliphatic rings. The first-order valence-corrected chi connectivity index (χ1v) is 11.3. The Hall–Kier alpha value is -4.05. The zero-order valence-electron chi connectivity index (χ0n) is 18.3. The average Bonchev–Trinajstić information content (AvgIpc) is 3.45. The number of aromatic nitrogens is 2. The fraction of sp³-hybridized carbons (Fsp3) is 0.167. The van der Waals surface area contributed by atoms with Crippen LogP contribution >= 0.6 is 11.3 Å². The Labute approximate surface area is 198 Å². The highest BCUT2D eigenvalue weighted by Gasteiger charge is 2.50. The number of urea groups is 1. The van der Waals surface area contributed by atoms with E-state index in [1.807, 2.05) is 13.0 Å². The molecule has 1 atom stereocenters. The maximum absolute atomic E-state index is 13.2. The Bertz CT molecular complexity index is 1430. The highest BCUT2D eigenvalue weighted by molar-refractivity contribution is 7.20. The molecule has 5 rings (SSSR count). The van der Waals surface area contributed by atoms with Crippen LogP contribution in [0, 0.1) is 12.7 Å². The van der Waals surface area contributed by atoms with Crippen LogP contribution in [-0.4, -0.2) is 32.6 Å². The molecule has 34 heavy (non-hydrogen) atoms. The van der Waals surface area contributed by atoms with Crippen LogP contribution in [0.1, 0.15) is 33.4 Å². The van der Waals surface area contributed by atoms with Gasteiger partial charge in [-0.15, -0.1) is 11.3 Å². The van der Waals surface area contributed by atoms with Crippen LogP contribution in [0.5, 0.6) is 0 Å². The molecule has 10 heteroatoms. The SMILES string of the molecule is Cc1nn(Cc2ccc(F)cc2)c2sc(C(=O)NN3C(=O)N[C@](C)(c4ccccc4)C3=O)cc12. The first kappa shape index (κ1) is 21.8. The lowest BCUT2D eigenvalue weighted by Gasteiger charge is -2.21. The number of hydrogen-bond donors (Lipinski definition) is 2. The van der Waals surface area contributed by atoms with E-state index in [4.69, 9.17) is 0 Å². The van der Waals surface area contributed by atoms with Gasteiger partial charge in [0.25, 0.3) is 11.8 Å². The normalized spacial score (nSPS) is 17.9. The third-order valence-electron chi connectivity index (χ3n) is 5.83. The molecular formula is C24H20FN5O3S. The summed E-state index contributed by atoms with van der Waals surface area (Å²) in [6, 6.07) is 16.0. The van der Waals surface area contributed by atoms with Crippen molar-refractivity contribution in [2.24, 2.45) is 0 Å². The molecule has 0 spiro atoms. The topological polar surface area (TPSA) is 96.3 Å². The fourth-order valence-corrected chi connectivity index (χ4v) is 5.01. The number of benzene rings is 2. The minimum atomic E-state index is -1.28. The minimum Gasteiger partial charge on any atom is -0.318 e. The lowest BCUT2D eigenvalue weighted by atomic mass is 9.92. The van der Waals surface area contributed by atoms with Crippen LogP contribution in [0.2, 0.25) is 0 Å². The second-order valence-corrected chi connectivity index (χ2v) is 9.23. The van der Waals surface area contributed by atoms with E-state index in [2.05, 4.69) is 15.8 Å².